The van der Waals surface area contributed by atoms with Crippen molar-refractivity contribution in [3.63, 3.8) is 0 Å². The number of hydrogen-bond acceptors (Lipinski definition) is 3. The van der Waals surface area contributed by atoms with Crippen molar-refractivity contribution in [2.24, 2.45) is 5.73 Å². The molecule has 1 unspecified atom stereocenters. The predicted octanol–water partition coefficient (Wildman–Crippen LogP) is 1.98. The van der Waals surface area contributed by atoms with Gasteiger partial charge in [0.2, 0.25) is 5.91 Å². The number of nitrogens with one attached hydrogen (secondary N) is 1. The number of nitrogens with zero attached hydrogens (tertiary/aromatic N) is 1. The van der Waals surface area contributed by atoms with Gasteiger partial charge in [-0.2, -0.15) is 0 Å². The summed E-state index contributed by atoms with van der Waals surface area (Å²) < 4.78 is 0. The molecule has 1 aromatic rings. The number of carbonyl (C=O) groups is 1. The monoisotopic (exact) mass is 247 g/mol. The van der Waals surface area contributed by atoms with Crippen LogP contribution in [0.2, 0.25) is 10.3 Å². The highest BCUT2D eigenvalue weighted by Crippen LogP contribution is 2.26. The molecule has 0 aliphatic rings. The van der Waals surface area contributed by atoms with E-state index in [1.807, 2.05) is 0 Å². The molecule has 0 fully saturated rings. The van der Waals surface area contributed by atoms with E-state index in [-0.39, 0.29) is 16.2 Å². The third-order valence-corrected chi connectivity index (χ3v) is 2.27. The van der Waals surface area contributed by atoms with Gasteiger partial charge in [-0.25, -0.2) is 4.98 Å². The number of aryl methyl sites for hydroxylation is 1. The van der Waals surface area contributed by atoms with Gasteiger partial charge in [-0.3, -0.25) is 4.79 Å². The van der Waals surface area contributed by atoms with Crippen molar-refractivity contribution in [3.05, 3.63) is 21.9 Å². The molecule has 0 aliphatic heterocycles. The van der Waals surface area contributed by atoms with Crippen LogP contribution in [0.3, 0.4) is 0 Å². The molecule has 82 valence electrons. The van der Waals surface area contributed by atoms with Crippen LogP contribution in [0.5, 0.6) is 0 Å². The summed E-state index contributed by atoms with van der Waals surface area (Å²) in [4.78, 5) is 15.2. The summed E-state index contributed by atoms with van der Waals surface area (Å²) >= 11 is 11.5. The van der Waals surface area contributed by atoms with Gasteiger partial charge in [0.15, 0.2) is 5.15 Å². The minimum atomic E-state index is -0.601. The lowest BCUT2D eigenvalue weighted by atomic mass is 10.2. The molecule has 1 aromatic heterocycles. The minimum Gasteiger partial charge on any atom is -0.322 e. The van der Waals surface area contributed by atoms with Crippen LogP contribution in [0.15, 0.2) is 6.07 Å². The van der Waals surface area contributed by atoms with Crippen molar-refractivity contribution in [1.29, 1.82) is 0 Å². The van der Waals surface area contributed by atoms with Gasteiger partial charge >= 0.3 is 0 Å². The molecule has 0 bridgehead atoms. The number of aromatic nitrogens is 1. The summed E-state index contributed by atoms with van der Waals surface area (Å²) in [5.41, 5.74) is 6.60. The van der Waals surface area contributed by atoms with E-state index in [0.717, 1.165) is 5.56 Å². The summed E-state index contributed by atoms with van der Waals surface area (Å²) in [6, 6.07) is 1.01. The Morgan fingerprint density at radius 1 is 1.60 bits per heavy atom. The fourth-order valence-corrected chi connectivity index (χ4v) is 1.56. The lowest BCUT2D eigenvalue weighted by molar-refractivity contribution is -0.117. The van der Waals surface area contributed by atoms with E-state index in [1.165, 1.54) is 0 Å². The molecule has 0 saturated carbocycles. The van der Waals surface area contributed by atoms with Gasteiger partial charge in [-0.05, 0) is 25.5 Å². The SMILES string of the molecule is Cc1cc(Cl)nc(Cl)c1NC(=O)C(C)N. The lowest BCUT2D eigenvalue weighted by Crippen LogP contribution is -2.32. The number of halogens is 2. The van der Waals surface area contributed by atoms with Crippen molar-refractivity contribution >= 4 is 34.8 Å². The van der Waals surface area contributed by atoms with Gasteiger partial charge in [-0.15, -0.1) is 0 Å². The topological polar surface area (TPSA) is 68.0 Å². The number of amides is 1. The predicted molar refractivity (Wildman–Crippen MR) is 61.3 cm³/mol. The Balaban J connectivity index is 3.00. The largest absolute Gasteiger partial charge is 0.322 e. The zero-order valence-electron chi connectivity index (χ0n) is 8.34. The highest BCUT2D eigenvalue weighted by atomic mass is 35.5. The van der Waals surface area contributed by atoms with Crippen LogP contribution in [-0.4, -0.2) is 16.9 Å². The molecule has 1 amide bonds. The summed E-state index contributed by atoms with van der Waals surface area (Å²) in [5, 5.41) is 3.04. The quantitative estimate of drug-likeness (QED) is 0.786. The average molecular weight is 248 g/mol. The summed E-state index contributed by atoms with van der Waals surface area (Å²) in [5.74, 6) is -0.316. The second-order valence-corrected chi connectivity index (χ2v) is 3.95. The van der Waals surface area contributed by atoms with E-state index < -0.39 is 6.04 Å². The molecule has 0 aromatic carbocycles. The Hall–Kier alpha value is -0.840. The van der Waals surface area contributed by atoms with Crippen LogP contribution < -0.4 is 11.1 Å². The highest BCUT2D eigenvalue weighted by Gasteiger charge is 2.13. The standard InChI is InChI=1S/C9H11Cl2N3O/c1-4-3-6(10)13-8(11)7(4)14-9(15)5(2)12/h3,5H,12H2,1-2H3,(H,14,15). The number of anilines is 1. The van der Waals surface area contributed by atoms with Crippen molar-refractivity contribution in [2.45, 2.75) is 19.9 Å². The van der Waals surface area contributed by atoms with Crippen LogP contribution in [0, 0.1) is 6.92 Å². The third-order valence-electron chi connectivity index (χ3n) is 1.80. The molecule has 0 aliphatic carbocycles. The summed E-state index contributed by atoms with van der Waals surface area (Å²) in [7, 11) is 0. The van der Waals surface area contributed by atoms with Crippen molar-refractivity contribution in [1.82, 2.24) is 4.98 Å². The zero-order valence-corrected chi connectivity index (χ0v) is 9.86. The number of nitrogens with two attached hydrogens (primary N) is 1. The molecular formula is C9H11Cl2N3O. The van der Waals surface area contributed by atoms with Gasteiger partial charge in [0.25, 0.3) is 0 Å². The van der Waals surface area contributed by atoms with Crippen LogP contribution in [-0.2, 0) is 4.79 Å². The zero-order chi connectivity index (χ0) is 11.6. The van der Waals surface area contributed by atoms with E-state index in [0.29, 0.717) is 5.69 Å². The molecule has 15 heavy (non-hydrogen) atoms. The van der Waals surface area contributed by atoms with E-state index >= 15 is 0 Å². The number of hydrogen-bond donors (Lipinski definition) is 2. The Labute approximate surface area is 97.8 Å². The maximum Gasteiger partial charge on any atom is 0.241 e. The van der Waals surface area contributed by atoms with E-state index in [1.54, 1.807) is 19.9 Å². The maximum absolute atomic E-state index is 11.3. The molecule has 4 nitrogen and oxygen atoms in total. The first-order valence-corrected chi connectivity index (χ1v) is 5.06. The number of carbonyl (C=O) groups excluding carboxylic acids is 1. The first-order chi connectivity index (χ1) is 6.91. The molecule has 0 radical (unpaired) electrons. The van der Waals surface area contributed by atoms with Gasteiger partial charge in [0, 0.05) is 0 Å². The summed E-state index contributed by atoms with van der Waals surface area (Å²) in [6.45, 7) is 3.36. The van der Waals surface area contributed by atoms with Crippen LogP contribution in [0.25, 0.3) is 0 Å². The Kier molecular flexibility index (Phi) is 3.90. The van der Waals surface area contributed by atoms with Crippen LogP contribution in [0.1, 0.15) is 12.5 Å². The molecule has 0 saturated heterocycles. The number of pyridine rings is 1. The second-order valence-electron chi connectivity index (χ2n) is 3.21. The molecular weight excluding hydrogens is 237 g/mol. The lowest BCUT2D eigenvalue weighted by Gasteiger charge is -2.11. The number of rotatable bonds is 2. The normalized spacial score (nSPS) is 12.3. The van der Waals surface area contributed by atoms with Crippen molar-refractivity contribution in [2.75, 3.05) is 5.32 Å². The Morgan fingerprint density at radius 2 is 2.20 bits per heavy atom. The maximum atomic E-state index is 11.3. The van der Waals surface area contributed by atoms with Crippen molar-refractivity contribution in [3.8, 4) is 0 Å². The Bertz CT molecular complexity index is 370. The molecule has 1 heterocycles. The van der Waals surface area contributed by atoms with E-state index in [9.17, 15) is 4.79 Å². The molecule has 6 heteroatoms. The first kappa shape index (κ1) is 12.2. The average Bonchev–Trinajstić information content (AvgIpc) is 2.10. The summed E-state index contributed by atoms with van der Waals surface area (Å²) in [6.07, 6.45) is 0. The Morgan fingerprint density at radius 3 is 2.67 bits per heavy atom. The van der Waals surface area contributed by atoms with Gasteiger partial charge in [0.05, 0.1) is 11.7 Å². The second kappa shape index (κ2) is 4.79. The van der Waals surface area contributed by atoms with E-state index in [2.05, 4.69) is 10.3 Å². The molecule has 1 atom stereocenters. The van der Waals surface area contributed by atoms with Crippen molar-refractivity contribution < 1.29 is 4.79 Å². The van der Waals surface area contributed by atoms with Gasteiger partial charge in [0.1, 0.15) is 5.15 Å². The highest BCUT2D eigenvalue weighted by molar-refractivity contribution is 6.34. The van der Waals surface area contributed by atoms with E-state index in [4.69, 9.17) is 28.9 Å². The molecule has 3 N–H and O–H groups in total. The smallest absolute Gasteiger partial charge is 0.241 e. The molecule has 0 spiro atoms. The minimum absolute atomic E-state index is 0.161. The fraction of sp³-hybridized carbons (Fsp3) is 0.333. The van der Waals surface area contributed by atoms with Crippen LogP contribution in [0.4, 0.5) is 5.69 Å². The van der Waals surface area contributed by atoms with Crippen LogP contribution >= 0.6 is 23.2 Å². The first-order valence-electron chi connectivity index (χ1n) is 4.31. The van der Waals surface area contributed by atoms with Gasteiger partial charge < -0.3 is 11.1 Å². The third kappa shape index (κ3) is 3.06. The fourth-order valence-electron chi connectivity index (χ4n) is 0.983. The molecule has 1 rings (SSSR count). The van der Waals surface area contributed by atoms with Gasteiger partial charge in [-0.1, -0.05) is 23.2 Å².